The van der Waals surface area contributed by atoms with Crippen molar-refractivity contribution >= 4 is 12.0 Å². The van der Waals surface area contributed by atoms with Crippen molar-refractivity contribution in [1.82, 2.24) is 15.5 Å². The molecule has 0 aliphatic carbocycles. The first-order valence-corrected chi connectivity index (χ1v) is 6.85. The quantitative estimate of drug-likeness (QED) is 0.765. The third kappa shape index (κ3) is 6.02. The lowest BCUT2D eigenvalue weighted by Gasteiger charge is -2.32. The van der Waals surface area contributed by atoms with Gasteiger partial charge in [0.25, 0.3) is 0 Å². The summed E-state index contributed by atoms with van der Waals surface area (Å²) < 4.78 is 4.41. The average molecular weight is 271 g/mol. The van der Waals surface area contributed by atoms with E-state index < -0.39 is 6.09 Å². The normalized spacial score (nSPS) is 19.5. The van der Waals surface area contributed by atoms with Crippen molar-refractivity contribution in [3.8, 4) is 0 Å². The summed E-state index contributed by atoms with van der Waals surface area (Å²) in [6.45, 7) is 7.30. The second-order valence-electron chi connectivity index (χ2n) is 5.28. The van der Waals surface area contributed by atoms with Gasteiger partial charge in [-0.2, -0.15) is 0 Å². The SMILES string of the molecule is COC(=O)NC(=O)CN(CC1CCCNC1)C(C)C. The van der Waals surface area contributed by atoms with E-state index in [4.69, 9.17) is 0 Å². The fourth-order valence-electron chi connectivity index (χ4n) is 2.26. The number of rotatable bonds is 5. The third-order valence-corrected chi connectivity index (χ3v) is 3.40. The van der Waals surface area contributed by atoms with E-state index in [2.05, 4.69) is 34.1 Å². The van der Waals surface area contributed by atoms with Crippen LogP contribution in [-0.2, 0) is 9.53 Å². The van der Waals surface area contributed by atoms with E-state index in [0.717, 1.165) is 19.6 Å². The van der Waals surface area contributed by atoms with Gasteiger partial charge in [0.05, 0.1) is 13.7 Å². The maximum Gasteiger partial charge on any atom is 0.413 e. The molecule has 6 heteroatoms. The van der Waals surface area contributed by atoms with Gasteiger partial charge in [-0.05, 0) is 45.7 Å². The zero-order chi connectivity index (χ0) is 14.3. The molecule has 1 rings (SSSR count). The van der Waals surface area contributed by atoms with E-state index >= 15 is 0 Å². The largest absolute Gasteiger partial charge is 0.453 e. The first kappa shape index (κ1) is 15.9. The molecule has 0 aromatic heterocycles. The van der Waals surface area contributed by atoms with Gasteiger partial charge in [0.2, 0.25) is 5.91 Å². The smallest absolute Gasteiger partial charge is 0.413 e. The number of nitrogens with zero attached hydrogens (tertiary/aromatic N) is 1. The topological polar surface area (TPSA) is 70.7 Å². The van der Waals surface area contributed by atoms with E-state index in [-0.39, 0.29) is 18.5 Å². The fourth-order valence-corrected chi connectivity index (χ4v) is 2.26. The Kier molecular flexibility index (Phi) is 6.80. The lowest BCUT2D eigenvalue weighted by molar-refractivity contribution is -0.122. The molecule has 1 saturated heterocycles. The maximum atomic E-state index is 11.7. The zero-order valence-corrected chi connectivity index (χ0v) is 12.1. The van der Waals surface area contributed by atoms with E-state index in [1.54, 1.807) is 0 Å². The molecule has 6 nitrogen and oxygen atoms in total. The van der Waals surface area contributed by atoms with Crippen molar-refractivity contribution in [3.05, 3.63) is 0 Å². The Balaban J connectivity index is 2.43. The minimum Gasteiger partial charge on any atom is -0.453 e. The van der Waals surface area contributed by atoms with Gasteiger partial charge in [0.1, 0.15) is 0 Å². The fraction of sp³-hybridized carbons (Fsp3) is 0.846. The molecule has 2 amide bonds. The molecule has 0 bridgehead atoms. The van der Waals surface area contributed by atoms with Crippen LogP contribution in [0.25, 0.3) is 0 Å². The van der Waals surface area contributed by atoms with Crippen LogP contribution in [0.1, 0.15) is 26.7 Å². The molecular formula is C13H25N3O3. The number of nitrogens with one attached hydrogen (secondary N) is 2. The molecule has 1 unspecified atom stereocenters. The highest BCUT2D eigenvalue weighted by atomic mass is 16.5. The van der Waals surface area contributed by atoms with Gasteiger partial charge >= 0.3 is 6.09 Å². The summed E-state index contributed by atoms with van der Waals surface area (Å²) in [6.07, 6.45) is 1.67. The van der Waals surface area contributed by atoms with Gasteiger partial charge in [-0.25, -0.2) is 4.79 Å². The Labute approximate surface area is 114 Å². The number of alkyl carbamates (subject to hydrolysis) is 1. The van der Waals surface area contributed by atoms with Crippen molar-refractivity contribution in [2.75, 3.05) is 33.3 Å². The Bertz CT molecular complexity index is 302. The van der Waals surface area contributed by atoms with Gasteiger partial charge in [-0.3, -0.25) is 15.0 Å². The number of imide groups is 1. The van der Waals surface area contributed by atoms with Gasteiger partial charge in [-0.15, -0.1) is 0 Å². The van der Waals surface area contributed by atoms with Crippen molar-refractivity contribution in [2.24, 2.45) is 5.92 Å². The van der Waals surface area contributed by atoms with Crippen molar-refractivity contribution < 1.29 is 14.3 Å². The Morgan fingerprint density at radius 3 is 2.74 bits per heavy atom. The lowest BCUT2D eigenvalue weighted by atomic mass is 9.98. The lowest BCUT2D eigenvalue weighted by Crippen LogP contribution is -2.46. The number of hydrogen-bond acceptors (Lipinski definition) is 5. The molecule has 2 N–H and O–H groups in total. The number of methoxy groups -OCH3 is 1. The summed E-state index contributed by atoms with van der Waals surface area (Å²) in [4.78, 5) is 24.8. The van der Waals surface area contributed by atoms with Crippen molar-refractivity contribution in [1.29, 1.82) is 0 Å². The predicted octanol–water partition coefficient (Wildman–Crippen LogP) is 0.579. The van der Waals surface area contributed by atoms with Crippen LogP contribution in [0.3, 0.4) is 0 Å². The van der Waals surface area contributed by atoms with Crippen molar-refractivity contribution in [3.63, 3.8) is 0 Å². The molecule has 1 aliphatic heterocycles. The van der Waals surface area contributed by atoms with Crippen LogP contribution < -0.4 is 10.6 Å². The predicted molar refractivity (Wildman–Crippen MR) is 72.9 cm³/mol. The van der Waals surface area contributed by atoms with Gasteiger partial charge in [0, 0.05) is 12.6 Å². The number of carbonyl (C=O) groups is 2. The second-order valence-corrected chi connectivity index (χ2v) is 5.28. The monoisotopic (exact) mass is 271 g/mol. The molecule has 0 aromatic rings. The van der Waals surface area contributed by atoms with E-state index in [9.17, 15) is 9.59 Å². The van der Waals surface area contributed by atoms with Crippen LogP contribution in [0.15, 0.2) is 0 Å². The molecule has 1 aliphatic rings. The molecular weight excluding hydrogens is 246 g/mol. The summed E-state index contributed by atoms with van der Waals surface area (Å²) in [5.41, 5.74) is 0. The second kappa shape index (κ2) is 8.12. The molecule has 0 radical (unpaired) electrons. The first-order chi connectivity index (χ1) is 9.02. The summed E-state index contributed by atoms with van der Waals surface area (Å²) >= 11 is 0. The number of hydrogen-bond donors (Lipinski definition) is 2. The van der Waals surface area contributed by atoms with Crippen LogP contribution >= 0.6 is 0 Å². The van der Waals surface area contributed by atoms with Crippen molar-refractivity contribution in [2.45, 2.75) is 32.7 Å². The molecule has 0 saturated carbocycles. The first-order valence-electron chi connectivity index (χ1n) is 6.85. The molecule has 0 spiro atoms. The van der Waals surface area contributed by atoms with Crippen LogP contribution in [0.5, 0.6) is 0 Å². The summed E-state index contributed by atoms with van der Waals surface area (Å²) in [5, 5.41) is 5.57. The van der Waals surface area contributed by atoms with Gasteiger partial charge in [0.15, 0.2) is 0 Å². The minimum atomic E-state index is -0.701. The zero-order valence-electron chi connectivity index (χ0n) is 12.1. The molecule has 1 heterocycles. The summed E-state index contributed by atoms with van der Waals surface area (Å²) in [6, 6.07) is 0.269. The highest BCUT2D eigenvalue weighted by Crippen LogP contribution is 2.13. The highest BCUT2D eigenvalue weighted by Gasteiger charge is 2.21. The summed E-state index contributed by atoms with van der Waals surface area (Å²) in [7, 11) is 1.25. The molecule has 19 heavy (non-hydrogen) atoms. The minimum absolute atomic E-state index is 0.225. The molecule has 1 fully saturated rings. The molecule has 110 valence electrons. The number of amides is 2. The third-order valence-electron chi connectivity index (χ3n) is 3.40. The number of carbonyl (C=O) groups excluding carboxylic acids is 2. The number of ether oxygens (including phenoxy) is 1. The van der Waals surface area contributed by atoms with Crippen LogP contribution in [0, 0.1) is 5.92 Å². The Morgan fingerprint density at radius 2 is 2.21 bits per heavy atom. The number of piperidine rings is 1. The average Bonchev–Trinajstić information content (AvgIpc) is 2.38. The van der Waals surface area contributed by atoms with Crippen LogP contribution in [0.2, 0.25) is 0 Å². The standard InChI is InChI=1S/C13H25N3O3/c1-10(2)16(8-11-5-4-6-14-7-11)9-12(17)15-13(18)19-3/h10-11,14H,4-9H2,1-3H3,(H,15,17,18). The van der Waals surface area contributed by atoms with Gasteiger partial charge < -0.3 is 10.1 Å². The Morgan fingerprint density at radius 1 is 1.47 bits per heavy atom. The van der Waals surface area contributed by atoms with Gasteiger partial charge in [-0.1, -0.05) is 0 Å². The molecule has 0 aromatic carbocycles. The highest BCUT2D eigenvalue weighted by molar-refractivity contribution is 5.92. The van der Waals surface area contributed by atoms with Crippen LogP contribution in [-0.4, -0.2) is 56.2 Å². The maximum absolute atomic E-state index is 11.7. The molecule has 1 atom stereocenters. The van der Waals surface area contributed by atoms with E-state index in [0.29, 0.717) is 5.92 Å². The summed E-state index contributed by atoms with van der Waals surface area (Å²) in [5.74, 6) is 0.256. The van der Waals surface area contributed by atoms with E-state index in [1.807, 2.05) is 0 Å². The Hall–Kier alpha value is -1.14. The van der Waals surface area contributed by atoms with Crippen LogP contribution in [0.4, 0.5) is 4.79 Å². The van der Waals surface area contributed by atoms with E-state index in [1.165, 1.54) is 20.0 Å².